The lowest BCUT2D eigenvalue weighted by atomic mass is 9.73. The standard InChI is InChI=1S/C14H29N/c1-11(2)9-15-10-13-7-5-6-8-14(13)12(3)4/h11-15H,5-10H2,1-4H3. The predicted molar refractivity (Wildman–Crippen MR) is 68.0 cm³/mol. The van der Waals surface area contributed by atoms with E-state index in [0.29, 0.717) is 0 Å². The third kappa shape index (κ3) is 4.55. The Morgan fingerprint density at radius 1 is 1.07 bits per heavy atom. The first kappa shape index (κ1) is 13.0. The van der Waals surface area contributed by atoms with Crippen LogP contribution in [0.15, 0.2) is 0 Å². The molecule has 1 fully saturated rings. The molecule has 0 saturated heterocycles. The van der Waals surface area contributed by atoms with Crippen molar-refractivity contribution in [2.45, 2.75) is 53.4 Å². The molecule has 1 aliphatic rings. The molecule has 1 N–H and O–H groups in total. The highest BCUT2D eigenvalue weighted by molar-refractivity contribution is 4.79. The molecule has 0 heterocycles. The summed E-state index contributed by atoms with van der Waals surface area (Å²) in [7, 11) is 0. The summed E-state index contributed by atoms with van der Waals surface area (Å²) in [5.41, 5.74) is 0. The minimum atomic E-state index is 0.783. The molecule has 0 aromatic carbocycles. The zero-order chi connectivity index (χ0) is 11.3. The summed E-state index contributed by atoms with van der Waals surface area (Å²) in [6.07, 6.45) is 5.83. The molecule has 1 nitrogen and oxygen atoms in total. The predicted octanol–water partition coefficient (Wildman–Crippen LogP) is 3.69. The summed E-state index contributed by atoms with van der Waals surface area (Å²) in [6, 6.07) is 0. The topological polar surface area (TPSA) is 12.0 Å². The molecule has 1 aliphatic carbocycles. The van der Waals surface area contributed by atoms with Crippen LogP contribution in [-0.2, 0) is 0 Å². The summed E-state index contributed by atoms with van der Waals surface area (Å²) in [4.78, 5) is 0. The SMILES string of the molecule is CC(C)CNCC1CCCCC1C(C)C. The summed E-state index contributed by atoms with van der Waals surface area (Å²) < 4.78 is 0. The van der Waals surface area contributed by atoms with E-state index in [4.69, 9.17) is 0 Å². The van der Waals surface area contributed by atoms with Crippen LogP contribution in [-0.4, -0.2) is 13.1 Å². The first-order chi connectivity index (χ1) is 7.11. The molecule has 2 atom stereocenters. The van der Waals surface area contributed by atoms with Crippen LogP contribution in [0.2, 0.25) is 0 Å². The zero-order valence-electron chi connectivity index (χ0n) is 11.1. The van der Waals surface area contributed by atoms with Crippen molar-refractivity contribution < 1.29 is 0 Å². The van der Waals surface area contributed by atoms with Crippen molar-refractivity contribution in [3.05, 3.63) is 0 Å². The molecule has 15 heavy (non-hydrogen) atoms. The van der Waals surface area contributed by atoms with Crippen molar-refractivity contribution in [3.8, 4) is 0 Å². The van der Waals surface area contributed by atoms with Gasteiger partial charge in [-0.25, -0.2) is 0 Å². The molecule has 1 saturated carbocycles. The van der Waals surface area contributed by atoms with Gasteiger partial charge in [-0.1, -0.05) is 40.5 Å². The molecular weight excluding hydrogens is 182 g/mol. The minimum absolute atomic E-state index is 0.783. The Hall–Kier alpha value is -0.0400. The van der Waals surface area contributed by atoms with Gasteiger partial charge in [0.1, 0.15) is 0 Å². The Bertz CT molecular complexity index is 163. The van der Waals surface area contributed by atoms with Crippen molar-refractivity contribution in [3.63, 3.8) is 0 Å². The number of hydrogen-bond donors (Lipinski definition) is 1. The number of hydrogen-bond acceptors (Lipinski definition) is 1. The fourth-order valence-corrected chi connectivity index (χ4v) is 2.92. The van der Waals surface area contributed by atoms with Crippen molar-refractivity contribution in [1.29, 1.82) is 0 Å². The van der Waals surface area contributed by atoms with Crippen LogP contribution in [0.4, 0.5) is 0 Å². The number of nitrogens with one attached hydrogen (secondary N) is 1. The molecule has 0 amide bonds. The minimum Gasteiger partial charge on any atom is -0.316 e. The van der Waals surface area contributed by atoms with E-state index in [-0.39, 0.29) is 0 Å². The average Bonchev–Trinajstić information content (AvgIpc) is 2.17. The molecule has 0 radical (unpaired) electrons. The van der Waals surface area contributed by atoms with Gasteiger partial charge < -0.3 is 5.32 Å². The van der Waals surface area contributed by atoms with Crippen LogP contribution in [0.3, 0.4) is 0 Å². The average molecular weight is 211 g/mol. The van der Waals surface area contributed by atoms with Gasteiger partial charge in [-0.05, 0) is 49.6 Å². The second-order valence-electron chi connectivity index (χ2n) is 6.00. The first-order valence-electron chi connectivity index (χ1n) is 6.82. The number of rotatable bonds is 5. The lowest BCUT2D eigenvalue weighted by molar-refractivity contribution is 0.175. The van der Waals surface area contributed by atoms with Gasteiger partial charge in [0.15, 0.2) is 0 Å². The van der Waals surface area contributed by atoms with Crippen molar-refractivity contribution >= 4 is 0 Å². The zero-order valence-corrected chi connectivity index (χ0v) is 11.1. The molecule has 2 unspecified atom stereocenters. The normalized spacial score (nSPS) is 27.6. The second kappa shape index (κ2) is 6.52. The molecule has 1 heteroatoms. The lowest BCUT2D eigenvalue weighted by Gasteiger charge is -2.34. The molecule has 0 spiro atoms. The van der Waals surface area contributed by atoms with Crippen LogP contribution < -0.4 is 5.32 Å². The Kier molecular flexibility index (Phi) is 5.66. The maximum absolute atomic E-state index is 3.64. The Labute approximate surface area is 96.0 Å². The Balaban J connectivity index is 2.29. The van der Waals surface area contributed by atoms with Gasteiger partial charge in [0, 0.05) is 0 Å². The highest BCUT2D eigenvalue weighted by Crippen LogP contribution is 2.34. The Morgan fingerprint density at radius 2 is 1.73 bits per heavy atom. The molecule has 0 aromatic rings. The van der Waals surface area contributed by atoms with Gasteiger partial charge in [0.25, 0.3) is 0 Å². The maximum atomic E-state index is 3.64. The van der Waals surface area contributed by atoms with E-state index < -0.39 is 0 Å². The van der Waals surface area contributed by atoms with Gasteiger partial charge in [0.05, 0.1) is 0 Å². The van der Waals surface area contributed by atoms with E-state index in [9.17, 15) is 0 Å². The Morgan fingerprint density at radius 3 is 2.33 bits per heavy atom. The highest BCUT2D eigenvalue weighted by atomic mass is 14.9. The second-order valence-corrected chi connectivity index (χ2v) is 6.00. The van der Waals surface area contributed by atoms with Crippen molar-refractivity contribution in [1.82, 2.24) is 5.32 Å². The maximum Gasteiger partial charge on any atom is -0.00177 e. The van der Waals surface area contributed by atoms with E-state index in [1.165, 1.54) is 38.8 Å². The highest BCUT2D eigenvalue weighted by Gasteiger charge is 2.26. The van der Waals surface area contributed by atoms with Crippen molar-refractivity contribution in [2.75, 3.05) is 13.1 Å². The van der Waals surface area contributed by atoms with E-state index in [0.717, 1.165) is 23.7 Å². The van der Waals surface area contributed by atoms with Gasteiger partial charge in [-0.3, -0.25) is 0 Å². The van der Waals surface area contributed by atoms with Crippen LogP contribution in [0.25, 0.3) is 0 Å². The molecule has 0 aromatic heterocycles. The van der Waals surface area contributed by atoms with E-state index in [1.54, 1.807) is 0 Å². The molecule has 0 bridgehead atoms. The molecular formula is C14H29N. The van der Waals surface area contributed by atoms with Gasteiger partial charge in [-0.15, -0.1) is 0 Å². The smallest absolute Gasteiger partial charge is 0.00177 e. The van der Waals surface area contributed by atoms with Crippen LogP contribution in [0.1, 0.15) is 53.4 Å². The third-order valence-corrected chi connectivity index (χ3v) is 3.78. The molecule has 0 aliphatic heterocycles. The largest absolute Gasteiger partial charge is 0.316 e. The monoisotopic (exact) mass is 211 g/mol. The van der Waals surface area contributed by atoms with E-state index in [2.05, 4.69) is 33.0 Å². The van der Waals surface area contributed by atoms with Crippen LogP contribution in [0.5, 0.6) is 0 Å². The molecule has 1 rings (SSSR count). The van der Waals surface area contributed by atoms with Crippen molar-refractivity contribution in [2.24, 2.45) is 23.7 Å². The first-order valence-corrected chi connectivity index (χ1v) is 6.82. The summed E-state index contributed by atoms with van der Waals surface area (Å²) in [6.45, 7) is 11.8. The van der Waals surface area contributed by atoms with Crippen LogP contribution in [0, 0.1) is 23.7 Å². The summed E-state index contributed by atoms with van der Waals surface area (Å²) in [5.74, 6) is 3.57. The van der Waals surface area contributed by atoms with E-state index in [1.807, 2.05) is 0 Å². The fourth-order valence-electron chi connectivity index (χ4n) is 2.92. The van der Waals surface area contributed by atoms with Gasteiger partial charge in [-0.2, -0.15) is 0 Å². The lowest BCUT2D eigenvalue weighted by Crippen LogP contribution is -2.34. The van der Waals surface area contributed by atoms with Gasteiger partial charge >= 0.3 is 0 Å². The summed E-state index contributed by atoms with van der Waals surface area (Å²) in [5, 5.41) is 3.64. The van der Waals surface area contributed by atoms with Gasteiger partial charge in [0.2, 0.25) is 0 Å². The van der Waals surface area contributed by atoms with Crippen LogP contribution >= 0.6 is 0 Å². The quantitative estimate of drug-likeness (QED) is 0.731. The van der Waals surface area contributed by atoms with E-state index >= 15 is 0 Å². The molecule has 90 valence electrons. The summed E-state index contributed by atoms with van der Waals surface area (Å²) >= 11 is 0. The fraction of sp³-hybridized carbons (Fsp3) is 1.00. The third-order valence-electron chi connectivity index (χ3n) is 3.78.